The molecule has 1 unspecified atom stereocenters. The number of H-pyrrole nitrogens is 1. The fourth-order valence-corrected chi connectivity index (χ4v) is 2.26. The molecule has 0 spiro atoms. The van der Waals surface area contributed by atoms with Gasteiger partial charge >= 0.3 is 5.97 Å². The van der Waals surface area contributed by atoms with Gasteiger partial charge in [-0.15, -0.1) is 0 Å². The topological polar surface area (TPSA) is 99.2 Å². The number of nitrogens with one attached hydrogen (secondary N) is 1. The van der Waals surface area contributed by atoms with Crippen LogP contribution < -0.4 is 4.90 Å². The number of hydrogen-bond acceptors (Lipinski definition) is 4. The molecular formula is C12H10N4O3. The van der Waals surface area contributed by atoms with Gasteiger partial charge in [-0.25, -0.2) is 4.79 Å². The summed E-state index contributed by atoms with van der Waals surface area (Å²) in [6, 6.07) is 6.24. The molecule has 0 aliphatic carbocycles. The first-order valence-corrected chi connectivity index (χ1v) is 5.68. The molecule has 0 saturated heterocycles. The van der Waals surface area contributed by atoms with E-state index in [1.165, 1.54) is 11.1 Å². The quantitative estimate of drug-likeness (QED) is 0.815. The lowest BCUT2D eigenvalue weighted by molar-refractivity contribution is -0.138. The molecule has 19 heavy (non-hydrogen) atoms. The van der Waals surface area contributed by atoms with E-state index in [1.807, 2.05) is 12.1 Å². The average Bonchev–Trinajstić information content (AvgIpc) is 3.05. The summed E-state index contributed by atoms with van der Waals surface area (Å²) in [5.41, 5.74) is 1.55. The summed E-state index contributed by atoms with van der Waals surface area (Å²) in [6.45, 7) is 0. The Morgan fingerprint density at radius 3 is 2.84 bits per heavy atom. The molecule has 0 bridgehead atoms. The van der Waals surface area contributed by atoms with Gasteiger partial charge in [0.05, 0.1) is 6.20 Å². The number of hydrogen-bond donors (Lipinski definition) is 2. The summed E-state index contributed by atoms with van der Waals surface area (Å²) in [6.07, 6.45) is 1.58. The summed E-state index contributed by atoms with van der Waals surface area (Å²) in [5, 5.41) is 18.9. The van der Waals surface area contributed by atoms with Crippen molar-refractivity contribution in [2.24, 2.45) is 0 Å². The number of carboxylic acid groups (broad SMARTS) is 1. The van der Waals surface area contributed by atoms with Crippen LogP contribution in [0.15, 0.2) is 30.5 Å². The molecule has 7 heteroatoms. The van der Waals surface area contributed by atoms with Crippen molar-refractivity contribution >= 4 is 17.6 Å². The normalized spacial score (nSPS) is 17.3. The SMILES string of the molecule is O=C(O)C1Cc2ccccc2N1C(=O)c1cn[nH]n1. The third kappa shape index (κ3) is 1.75. The number of nitrogens with zero attached hydrogens (tertiary/aromatic N) is 3. The number of rotatable bonds is 2. The summed E-state index contributed by atoms with van der Waals surface area (Å²) in [5.74, 6) is -1.50. The first kappa shape index (κ1) is 11.4. The molecule has 2 N–H and O–H groups in total. The van der Waals surface area contributed by atoms with E-state index in [1.54, 1.807) is 12.1 Å². The van der Waals surface area contributed by atoms with Gasteiger partial charge in [0.2, 0.25) is 0 Å². The molecule has 2 aromatic rings. The summed E-state index contributed by atoms with van der Waals surface area (Å²) in [7, 11) is 0. The van der Waals surface area contributed by atoms with Gasteiger partial charge in [-0.2, -0.15) is 15.4 Å². The first-order valence-electron chi connectivity index (χ1n) is 5.68. The fourth-order valence-electron chi connectivity index (χ4n) is 2.26. The molecule has 0 radical (unpaired) electrons. The fraction of sp³-hybridized carbons (Fsp3) is 0.167. The molecule has 96 valence electrons. The molecule has 1 aromatic carbocycles. The highest BCUT2D eigenvalue weighted by molar-refractivity contribution is 6.09. The first-order chi connectivity index (χ1) is 9.18. The van der Waals surface area contributed by atoms with Crippen LogP contribution >= 0.6 is 0 Å². The van der Waals surface area contributed by atoms with Crippen LogP contribution in [0, 0.1) is 0 Å². The van der Waals surface area contributed by atoms with E-state index in [0.29, 0.717) is 12.1 Å². The van der Waals surface area contributed by atoms with Crippen molar-refractivity contribution in [2.75, 3.05) is 4.90 Å². The molecular weight excluding hydrogens is 248 g/mol. The zero-order valence-corrected chi connectivity index (χ0v) is 9.78. The number of benzene rings is 1. The molecule has 1 aliphatic rings. The van der Waals surface area contributed by atoms with Crippen molar-refractivity contribution in [1.29, 1.82) is 0 Å². The molecule has 1 atom stereocenters. The number of carbonyl (C=O) groups excluding carboxylic acids is 1. The number of aromatic nitrogens is 3. The van der Waals surface area contributed by atoms with Crippen molar-refractivity contribution in [3.63, 3.8) is 0 Å². The largest absolute Gasteiger partial charge is 0.480 e. The summed E-state index contributed by atoms with van der Waals surface area (Å²) >= 11 is 0. The van der Waals surface area contributed by atoms with Gasteiger partial charge in [0.25, 0.3) is 5.91 Å². The Kier molecular flexibility index (Phi) is 2.52. The lowest BCUT2D eigenvalue weighted by atomic mass is 10.1. The van der Waals surface area contributed by atoms with E-state index >= 15 is 0 Å². The van der Waals surface area contributed by atoms with Crippen molar-refractivity contribution in [1.82, 2.24) is 15.4 Å². The number of fused-ring (bicyclic) bond motifs is 1. The molecule has 1 aromatic heterocycles. The number of amides is 1. The Bertz CT molecular complexity index is 638. The van der Waals surface area contributed by atoms with Crippen LogP contribution in [0.4, 0.5) is 5.69 Å². The molecule has 1 amide bonds. The van der Waals surface area contributed by atoms with Gasteiger partial charge in [0.1, 0.15) is 6.04 Å². The Morgan fingerprint density at radius 2 is 2.16 bits per heavy atom. The molecule has 7 nitrogen and oxygen atoms in total. The predicted molar refractivity (Wildman–Crippen MR) is 64.8 cm³/mol. The highest BCUT2D eigenvalue weighted by Crippen LogP contribution is 2.33. The third-order valence-corrected chi connectivity index (χ3v) is 3.11. The van der Waals surface area contributed by atoms with Gasteiger partial charge in [0, 0.05) is 12.1 Å². The smallest absolute Gasteiger partial charge is 0.327 e. The second kappa shape index (κ2) is 4.20. The van der Waals surface area contributed by atoms with E-state index in [-0.39, 0.29) is 5.69 Å². The molecule has 2 heterocycles. The van der Waals surface area contributed by atoms with E-state index in [4.69, 9.17) is 0 Å². The maximum atomic E-state index is 12.3. The van der Waals surface area contributed by atoms with Crippen molar-refractivity contribution in [3.8, 4) is 0 Å². The number of aromatic amines is 1. The van der Waals surface area contributed by atoms with E-state index in [9.17, 15) is 14.7 Å². The van der Waals surface area contributed by atoms with E-state index < -0.39 is 17.9 Å². The second-order valence-corrected chi connectivity index (χ2v) is 4.22. The zero-order chi connectivity index (χ0) is 13.4. The van der Waals surface area contributed by atoms with E-state index in [0.717, 1.165) is 5.56 Å². The Balaban J connectivity index is 2.05. The van der Waals surface area contributed by atoms with Crippen LogP contribution in [0.5, 0.6) is 0 Å². The lowest BCUT2D eigenvalue weighted by Gasteiger charge is -2.21. The van der Waals surface area contributed by atoms with Gasteiger partial charge in [-0.3, -0.25) is 9.69 Å². The Morgan fingerprint density at radius 1 is 1.37 bits per heavy atom. The Hall–Kier alpha value is -2.70. The van der Waals surface area contributed by atoms with Crippen LogP contribution in [0.3, 0.4) is 0 Å². The predicted octanol–water partition coefficient (Wildman–Crippen LogP) is 0.461. The minimum absolute atomic E-state index is 0.1000. The van der Waals surface area contributed by atoms with Crippen molar-refractivity contribution in [2.45, 2.75) is 12.5 Å². The van der Waals surface area contributed by atoms with Crippen LogP contribution in [0.1, 0.15) is 16.1 Å². The van der Waals surface area contributed by atoms with Crippen molar-refractivity contribution < 1.29 is 14.7 Å². The summed E-state index contributed by atoms with van der Waals surface area (Å²) < 4.78 is 0. The molecule has 3 rings (SSSR count). The second-order valence-electron chi connectivity index (χ2n) is 4.22. The highest BCUT2D eigenvalue weighted by atomic mass is 16.4. The van der Waals surface area contributed by atoms with Gasteiger partial charge in [-0.05, 0) is 11.6 Å². The molecule has 0 fully saturated rings. The molecule has 0 saturated carbocycles. The average molecular weight is 258 g/mol. The van der Waals surface area contributed by atoms with Gasteiger partial charge < -0.3 is 5.11 Å². The van der Waals surface area contributed by atoms with Crippen LogP contribution in [-0.2, 0) is 11.2 Å². The Labute approximate surface area is 107 Å². The number of para-hydroxylation sites is 1. The monoisotopic (exact) mass is 258 g/mol. The number of anilines is 1. The summed E-state index contributed by atoms with van der Waals surface area (Å²) in [4.78, 5) is 24.9. The zero-order valence-electron chi connectivity index (χ0n) is 9.78. The van der Waals surface area contributed by atoms with Crippen molar-refractivity contribution in [3.05, 3.63) is 41.7 Å². The van der Waals surface area contributed by atoms with Gasteiger partial charge in [0.15, 0.2) is 5.69 Å². The third-order valence-electron chi connectivity index (χ3n) is 3.11. The maximum absolute atomic E-state index is 12.3. The number of carboxylic acids is 1. The van der Waals surface area contributed by atoms with Crippen LogP contribution in [0.25, 0.3) is 0 Å². The minimum Gasteiger partial charge on any atom is -0.480 e. The molecule has 1 aliphatic heterocycles. The van der Waals surface area contributed by atoms with Crippen LogP contribution in [-0.4, -0.2) is 38.4 Å². The number of carbonyl (C=O) groups is 2. The lowest BCUT2D eigenvalue weighted by Crippen LogP contribution is -2.43. The van der Waals surface area contributed by atoms with Gasteiger partial charge in [-0.1, -0.05) is 18.2 Å². The minimum atomic E-state index is -1.03. The van der Waals surface area contributed by atoms with E-state index in [2.05, 4.69) is 15.4 Å². The standard InChI is InChI=1S/C12H10N4O3/c17-11(8-6-13-15-14-8)16-9-4-2-1-3-7(9)5-10(16)12(18)19/h1-4,6,10H,5H2,(H,18,19)(H,13,14,15). The number of aliphatic carboxylic acids is 1. The van der Waals surface area contributed by atoms with Crippen LogP contribution in [0.2, 0.25) is 0 Å². The highest BCUT2D eigenvalue weighted by Gasteiger charge is 2.39. The maximum Gasteiger partial charge on any atom is 0.327 e.